The quantitative estimate of drug-likeness (QED) is 0.474. The predicted octanol–water partition coefficient (Wildman–Crippen LogP) is 0.322. The van der Waals surface area contributed by atoms with Crippen molar-refractivity contribution in [3.63, 3.8) is 0 Å². The van der Waals surface area contributed by atoms with E-state index in [0.29, 0.717) is 0 Å². The van der Waals surface area contributed by atoms with E-state index in [0.717, 1.165) is 6.08 Å². The van der Waals surface area contributed by atoms with Gasteiger partial charge in [-0.15, -0.1) is 0 Å². The summed E-state index contributed by atoms with van der Waals surface area (Å²) in [7, 11) is 0. The van der Waals surface area contributed by atoms with Crippen LogP contribution in [-0.4, -0.2) is 5.78 Å². The van der Waals surface area contributed by atoms with Gasteiger partial charge in [0.25, 0.3) is 0 Å². The van der Waals surface area contributed by atoms with E-state index in [2.05, 4.69) is 6.58 Å². The molecule has 0 N–H and O–H groups in total. The normalized spacial score (nSPS) is 4.12. The summed E-state index contributed by atoms with van der Waals surface area (Å²) in [4.78, 5) is 9.36. The zero-order valence-electron chi connectivity index (χ0n) is 3.76. The molecule has 1 nitrogen and oxygen atoms in total. The van der Waals surface area contributed by atoms with Gasteiger partial charge in [-0.2, -0.15) is 0 Å². The number of carbonyl (C=O) groups is 1. The van der Waals surface area contributed by atoms with Crippen molar-refractivity contribution in [1.29, 1.82) is 0 Å². The number of hydrogen-bond donors (Lipinski definition) is 0. The molecule has 0 aliphatic carbocycles. The molecule has 0 aliphatic rings. The summed E-state index contributed by atoms with van der Waals surface area (Å²) in [5, 5.41) is 0. The molecule has 0 spiro atoms. The summed E-state index contributed by atoms with van der Waals surface area (Å²) in [6.45, 7) is 9.09. The molecule has 0 bridgehead atoms. The van der Waals surface area contributed by atoms with Crippen LogP contribution >= 0.6 is 0 Å². The summed E-state index contributed by atoms with van der Waals surface area (Å²) < 4.78 is 0. The molecular formula is C4H3CoFeMnO. The number of carbonyl (C=O) groups excluding carboxylic acids is 1. The molecule has 0 amide bonds. The van der Waals surface area contributed by atoms with Crippen LogP contribution in [-0.2, 0) is 55.7 Å². The average molecular weight is 237 g/mol. The van der Waals surface area contributed by atoms with Crippen LogP contribution < -0.4 is 0 Å². The summed E-state index contributed by atoms with van der Waals surface area (Å²) in [5.74, 6) is -0.731. The van der Waals surface area contributed by atoms with Gasteiger partial charge in [-0.25, -0.2) is 0 Å². The van der Waals surface area contributed by atoms with E-state index in [4.69, 9.17) is 6.92 Å². The standard InChI is InChI=1S/C4H3O.Co.Fe.Mn/c1-3-4(2)5;;;/h3H,1H2;;;. The van der Waals surface area contributed by atoms with Crippen LogP contribution in [0.2, 0.25) is 0 Å². The SMILES string of the molecule is [C]C(=O)C=C.[Co].[Fe].[Mn]. The number of ketones is 1. The van der Waals surface area contributed by atoms with Crippen LogP contribution in [0.5, 0.6) is 0 Å². The molecule has 0 aromatic rings. The largest absolute Gasteiger partial charge is 0.294 e. The molecule has 0 saturated heterocycles. The van der Waals surface area contributed by atoms with Gasteiger partial charge in [-0.3, -0.25) is 4.79 Å². The third kappa shape index (κ3) is 28.2. The third-order valence-electron chi connectivity index (χ3n) is 0.185. The number of allylic oxidation sites excluding steroid dienone is 1. The van der Waals surface area contributed by atoms with Crippen molar-refractivity contribution < 1.29 is 55.7 Å². The molecule has 0 rings (SSSR count). The monoisotopic (exact) mass is 237 g/mol. The van der Waals surface area contributed by atoms with Crippen molar-refractivity contribution >= 4 is 5.78 Å². The van der Waals surface area contributed by atoms with Crippen molar-refractivity contribution in [3.05, 3.63) is 19.6 Å². The van der Waals surface area contributed by atoms with Crippen LogP contribution in [0.3, 0.4) is 0 Å². The maximum absolute atomic E-state index is 9.36. The smallest absolute Gasteiger partial charge is 0.164 e. The molecule has 0 aromatic carbocycles. The Morgan fingerprint density at radius 3 is 1.75 bits per heavy atom. The maximum Gasteiger partial charge on any atom is 0.164 e. The molecule has 0 aromatic heterocycles. The van der Waals surface area contributed by atoms with Gasteiger partial charge in [0, 0.05) is 50.9 Å². The van der Waals surface area contributed by atoms with Gasteiger partial charge < -0.3 is 0 Å². The molecular weight excluding hydrogens is 234 g/mol. The molecule has 4 heteroatoms. The molecule has 5 radical (unpaired) electrons. The van der Waals surface area contributed by atoms with Crippen LogP contribution in [0.15, 0.2) is 12.7 Å². The Morgan fingerprint density at radius 2 is 1.75 bits per heavy atom. The molecule has 0 unspecified atom stereocenters. The molecule has 0 atom stereocenters. The Bertz CT molecular complexity index is 67.1. The zero-order valence-corrected chi connectivity index (χ0v) is 7.08. The fourth-order valence-electron chi connectivity index (χ4n) is 0. The number of hydrogen-bond acceptors (Lipinski definition) is 1. The topological polar surface area (TPSA) is 17.1 Å². The second-order valence-electron chi connectivity index (χ2n) is 0.568. The van der Waals surface area contributed by atoms with Gasteiger partial charge in [0.1, 0.15) is 0 Å². The molecule has 0 saturated carbocycles. The second kappa shape index (κ2) is 15.7. The van der Waals surface area contributed by atoms with Crippen molar-refractivity contribution in [3.8, 4) is 0 Å². The van der Waals surface area contributed by atoms with Gasteiger partial charge in [0.15, 0.2) is 5.78 Å². The maximum atomic E-state index is 9.36. The Kier molecular flexibility index (Phi) is 45.2. The first kappa shape index (κ1) is 23.1. The fourth-order valence-corrected chi connectivity index (χ4v) is 0. The van der Waals surface area contributed by atoms with E-state index < -0.39 is 5.78 Å². The van der Waals surface area contributed by atoms with Crippen molar-refractivity contribution in [2.45, 2.75) is 0 Å². The average Bonchev–Trinajstić information content (AvgIpc) is 1.38. The minimum absolute atomic E-state index is 0. The molecule has 8 heavy (non-hydrogen) atoms. The van der Waals surface area contributed by atoms with Gasteiger partial charge in [-0.05, 0) is 6.08 Å². The first-order valence-electron chi connectivity index (χ1n) is 1.15. The van der Waals surface area contributed by atoms with Gasteiger partial charge >= 0.3 is 0 Å². The van der Waals surface area contributed by atoms with E-state index in [1.165, 1.54) is 0 Å². The molecule has 49 valence electrons. The Balaban J connectivity index is -0.0000000267. The first-order chi connectivity index (χ1) is 2.27. The Morgan fingerprint density at radius 1 is 1.62 bits per heavy atom. The van der Waals surface area contributed by atoms with Crippen molar-refractivity contribution in [1.82, 2.24) is 0 Å². The van der Waals surface area contributed by atoms with Gasteiger partial charge in [0.05, 0.1) is 6.92 Å². The van der Waals surface area contributed by atoms with E-state index in [9.17, 15) is 4.79 Å². The first-order valence-corrected chi connectivity index (χ1v) is 1.15. The van der Waals surface area contributed by atoms with E-state index in [-0.39, 0.29) is 50.9 Å². The minimum atomic E-state index is -0.731. The van der Waals surface area contributed by atoms with Crippen LogP contribution in [0.4, 0.5) is 0 Å². The number of rotatable bonds is 1. The van der Waals surface area contributed by atoms with Gasteiger partial charge in [-0.1, -0.05) is 6.58 Å². The summed E-state index contributed by atoms with van der Waals surface area (Å²) >= 11 is 0. The summed E-state index contributed by atoms with van der Waals surface area (Å²) in [5.41, 5.74) is 0. The molecule has 0 fully saturated rings. The molecule has 0 aliphatic heterocycles. The van der Waals surface area contributed by atoms with E-state index in [1.807, 2.05) is 0 Å². The van der Waals surface area contributed by atoms with Gasteiger partial charge in [0.2, 0.25) is 0 Å². The summed E-state index contributed by atoms with van der Waals surface area (Å²) in [6, 6.07) is 0. The zero-order chi connectivity index (χ0) is 4.28. The van der Waals surface area contributed by atoms with Crippen molar-refractivity contribution in [2.75, 3.05) is 0 Å². The van der Waals surface area contributed by atoms with Crippen molar-refractivity contribution in [2.24, 2.45) is 0 Å². The van der Waals surface area contributed by atoms with E-state index in [1.54, 1.807) is 0 Å². The molecule has 0 heterocycles. The fraction of sp³-hybridized carbons (Fsp3) is 0. The van der Waals surface area contributed by atoms with Crippen LogP contribution in [0, 0.1) is 6.92 Å². The Labute approximate surface area is 80.8 Å². The minimum Gasteiger partial charge on any atom is -0.294 e. The van der Waals surface area contributed by atoms with E-state index >= 15 is 0 Å². The summed E-state index contributed by atoms with van der Waals surface area (Å²) in [6.07, 6.45) is 0.944. The Hall–Kier alpha value is 0.955. The van der Waals surface area contributed by atoms with Crippen LogP contribution in [0.1, 0.15) is 0 Å². The third-order valence-corrected chi connectivity index (χ3v) is 0.185. The predicted molar refractivity (Wildman–Crippen MR) is 18.4 cm³/mol. The van der Waals surface area contributed by atoms with Crippen LogP contribution in [0.25, 0.3) is 0 Å². The second-order valence-corrected chi connectivity index (χ2v) is 0.568.